The van der Waals surface area contributed by atoms with Gasteiger partial charge < -0.3 is 16.0 Å². The maximum atomic E-state index is 12.0. The largest absolute Gasteiger partial charge is 0.356 e. The molecule has 0 saturated carbocycles. The van der Waals surface area contributed by atoms with Gasteiger partial charge in [0.25, 0.3) is 0 Å². The molecule has 0 aromatic carbocycles. The van der Waals surface area contributed by atoms with Crippen molar-refractivity contribution >= 4 is 23.2 Å². The fraction of sp³-hybridized carbons (Fsp3) is 0.684. The smallest absolute Gasteiger partial charge is 0.239 e. The average Bonchev–Trinajstić information content (AvgIpc) is 3.07. The van der Waals surface area contributed by atoms with Crippen LogP contribution < -0.4 is 16.0 Å². The van der Waals surface area contributed by atoms with E-state index in [1.165, 1.54) is 17.7 Å². The second kappa shape index (κ2) is 9.37. The Morgan fingerprint density at radius 3 is 2.77 bits per heavy atom. The number of thiophene rings is 1. The van der Waals surface area contributed by atoms with E-state index >= 15 is 0 Å². The quantitative estimate of drug-likeness (QED) is 0.542. The predicted octanol–water partition coefficient (Wildman–Crippen LogP) is 2.21. The number of aliphatic imine (C=N–C) groups is 1. The highest BCUT2D eigenvalue weighted by Gasteiger charge is 2.31. The molecular weight excluding hydrogens is 346 g/mol. The zero-order valence-corrected chi connectivity index (χ0v) is 17.4. The van der Waals surface area contributed by atoms with Crippen molar-refractivity contribution in [3.63, 3.8) is 0 Å². The Hall–Kier alpha value is -1.60. The van der Waals surface area contributed by atoms with E-state index in [-0.39, 0.29) is 18.0 Å². The SMILES string of the molecule is CN=C(NCC(=O)NC(C)(C)C)NCC1CCCN(C)C1c1cccs1. The number of hydrogen-bond donors (Lipinski definition) is 3. The summed E-state index contributed by atoms with van der Waals surface area (Å²) in [4.78, 5) is 20.1. The minimum Gasteiger partial charge on any atom is -0.356 e. The summed E-state index contributed by atoms with van der Waals surface area (Å²) in [5.74, 6) is 1.16. The lowest BCUT2D eigenvalue weighted by molar-refractivity contribution is -0.121. The highest BCUT2D eigenvalue weighted by Crippen LogP contribution is 2.36. The van der Waals surface area contributed by atoms with E-state index in [0.29, 0.717) is 17.9 Å². The number of piperidine rings is 1. The molecule has 6 nitrogen and oxygen atoms in total. The lowest BCUT2D eigenvalue weighted by atomic mass is 9.88. The molecule has 1 aromatic rings. The Balaban J connectivity index is 1.87. The Morgan fingerprint density at radius 2 is 2.15 bits per heavy atom. The van der Waals surface area contributed by atoms with Crippen LogP contribution in [0.5, 0.6) is 0 Å². The number of rotatable bonds is 5. The van der Waals surface area contributed by atoms with Crippen molar-refractivity contribution in [2.75, 3.05) is 33.7 Å². The summed E-state index contributed by atoms with van der Waals surface area (Å²) in [6.45, 7) is 8.12. The minimum absolute atomic E-state index is 0.0330. The predicted molar refractivity (Wildman–Crippen MR) is 110 cm³/mol. The molecule has 2 unspecified atom stereocenters. The van der Waals surface area contributed by atoms with Gasteiger partial charge in [-0.25, -0.2) is 0 Å². The van der Waals surface area contributed by atoms with Gasteiger partial charge in [-0.1, -0.05) is 6.07 Å². The number of nitrogens with one attached hydrogen (secondary N) is 3. The monoisotopic (exact) mass is 379 g/mol. The first-order valence-electron chi connectivity index (χ1n) is 9.29. The third-order valence-corrected chi connectivity index (χ3v) is 5.47. The Labute approximate surface area is 161 Å². The summed E-state index contributed by atoms with van der Waals surface area (Å²) < 4.78 is 0. The summed E-state index contributed by atoms with van der Waals surface area (Å²) >= 11 is 1.83. The van der Waals surface area contributed by atoms with Crippen LogP contribution in [-0.2, 0) is 4.79 Å². The normalized spacial score (nSPS) is 22.1. The van der Waals surface area contributed by atoms with Gasteiger partial charge in [0.15, 0.2) is 5.96 Å². The van der Waals surface area contributed by atoms with Crippen molar-refractivity contribution < 1.29 is 4.79 Å². The zero-order valence-electron chi connectivity index (χ0n) is 16.6. The molecule has 0 bridgehead atoms. The molecule has 1 aliphatic heterocycles. The van der Waals surface area contributed by atoms with E-state index in [1.54, 1.807) is 7.05 Å². The molecule has 0 aliphatic carbocycles. The maximum Gasteiger partial charge on any atom is 0.239 e. The molecule has 0 spiro atoms. The molecule has 1 aromatic heterocycles. The van der Waals surface area contributed by atoms with Crippen LogP contribution in [0.25, 0.3) is 0 Å². The van der Waals surface area contributed by atoms with Gasteiger partial charge in [0.2, 0.25) is 5.91 Å². The number of carbonyl (C=O) groups excluding carboxylic acids is 1. The van der Waals surface area contributed by atoms with Crippen LogP contribution in [0.15, 0.2) is 22.5 Å². The molecule has 1 fully saturated rings. The van der Waals surface area contributed by atoms with E-state index in [4.69, 9.17) is 0 Å². The number of likely N-dealkylation sites (tertiary alicyclic amines) is 1. The van der Waals surface area contributed by atoms with Gasteiger partial charge in [-0.05, 0) is 64.6 Å². The molecule has 0 radical (unpaired) electrons. The number of carbonyl (C=O) groups is 1. The van der Waals surface area contributed by atoms with Gasteiger partial charge in [0, 0.05) is 30.1 Å². The van der Waals surface area contributed by atoms with E-state index in [9.17, 15) is 4.79 Å². The van der Waals surface area contributed by atoms with Crippen LogP contribution in [0.2, 0.25) is 0 Å². The first kappa shape index (κ1) is 20.7. The Kier molecular flexibility index (Phi) is 7.46. The summed E-state index contributed by atoms with van der Waals surface area (Å²) in [6, 6.07) is 4.80. The molecule has 146 valence electrons. The molecule has 26 heavy (non-hydrogen) atoms. The fourth-order valence-electron chi connectivity index (χ4n) is 3.46. The number of guanidine groups is 1. The summed E-state index contributed by atoms with van der Waals surface area (Å²) in [7, 11) is 3.95. The standard InChI is InChI=1S/C19H33N5OS/c1-19(2,3)23-16(25)13-22-18(20-4)21-12-14-8-6-10-24(5)17(14)15-9-7-11-26-15/h7,9,11,14,17H,6,8,10,12-13H2,1-5H3,(H,23,25)(H2,20,21,22). The van der Waals surface area contributed by atoms with Crippen LogP contribution in [-0.4, -0.2) is 56.0 Å². The van der Waals surface area contributed by atoms with Gasteiger partial charge in [-0.3, -0.25) is 14.7 Å². The molecule has 2 heterocycles. The van der Waals surface area contributed by atoms with Crippen molar-refractivity contribution in [2.24, 2.45) is 10.9 Å². The molecule has 1 aliphatic rings. The first-order chi connectivity index (χ1) is 12.3. The summed E-state index contributed by atoms with van der Waals surface area (Å²) in [5, 5.41) is 11.6. The lowest BCUT2D eigenvalue weighted by Gasteiger charge is -2.39. The molecular formula is C19H33N5OS. The van der Waals surface area contributed by atoms with Crippen LogP contribution in [0.4, 0.5) is 0 Å². The van der Waals surface area contributed by atoms with Crippen molar-refractivity contribution in [3.05, 3.63) is 22.4 Å². The summed E-state index contributed by atoms with van der Waals surface area (Å²) in [5.41, 5.74) is -0.226. The van der Waals surface area contributed by atoms with E-state index in [2.05, 4.69) is 50.4 Å². The fourth-order valence-corrected chi connectivity index (χ4v) is 4.44. The number of hydrogen-bond acceptors (Lipinski definition) is 4. The highest BCUT2D eigenvalue weighted by atomic mass is 32.1. The zero-order chi connectivity index (χ0) is 19.2. The first-order valence-corrected chi connectivity index (χ1v) is 10.2. The summed E-state index contributed by atoms with van der Waals surface area (Å²) in [6.07, 6.45) is 2.41. The van der Waals surface area contributed by atoms with E-state index in [0.717, 1.165) is 13.1 Å². The van der Waals surface area contributed by atoms with Crippen molar-refractivity contribution in [1.29, 1.82) is 0 Å². The number of amides is 1. The van der Waals surface area contributed by atoms with Crippen LogP contribution in [0.1, 0.15) is 44.5 Å². The molecule has 1 saturated heterocycles. The second-order valence-electron chi connectivity index (χ2n) is 7.95. The van der Waals surface area contributed by atoms with Crippen LogP contribution in [0.3, 0.4) is 0 Å². The van der Waals surface area contributed by atoms with E-state index < -0.39 is 0 Å². The average molecular weight is 380 g/mol. The molecule has 2 atom stereocenters. The lowest BCUT2D eigenvalue weighted by Crippen LogP contribution is -2.49. The second-order valence-corrected chi connectivity index (χ2v) is 8.93. The van der Waals surface area contributed by atoms with Crippen molar-refractivity contribution in [2.45, 2.75) is 45.2 Å². The molecule has 2 rings (SSSR count). The van der Waals surface area contributed by atoms with Crippen molar-refractivity contribution in [3.8, 4) is 0 Å². The van der Waals surface area contributed by atoms with Gasteiger partial charge in [0.1, 0.15) is 0 Å². The van der Waals surface area contributed by atoms with Gasteiger partial charge >= 0.3 is 0 Å². The van der Waals surface area contributed by atoms with E-state index in [1.807, 2.05) is 32.1 Å². The Morgan fingerprint density at radius 1 is 1.38 bits per heavy atom. The van der Waals surface area contributed by atoms with Crippen LogP contribution >= 0.6 is 11.3 Å². The van der Waals surface area contributed by atoms with Crippen molar-refractivity contribution in [1.82, 2.24) is 20.9 Å². The molecule has 1 amide bonds. The topological polar surface area (TPSA) is 68.8 Å². The van der Waals surface area contributed by atoms with Gasteiger partial charge in [0.05, 0.1) is 6.54 Å². The molecule has 3 N–H and O–H groups in total. The third-order valence-electron chi connectivity index (χ3n) is 4.53. The maximum absolute atomic E-state index is 12.0. The van der Waals surface area contributed by atoms with Crippen LogP contribution in [0, 0.1) is 5.92 Å². The number of nitrogens with zero attached hydrogens (tertiary/aromatic N) is 2. The van der Waals surface area contributed by atoms with Gasteiger partial charge in [-0.2, -0.15) is 0 Å². The third kappa shape index (κ3) is 6.29. The molecule has 7 heteroatoms. The highest BCUT2D eigenvalue weighted by molar-refractivity contribution is 7.10. The minimum atomic E-state index is -0.226. The Bertz CT molecular complexity index is 594. The van der Waals surface area contributed by atoms with Gasteiger partial charge in [-0.15, -0.1) is 11.3 Å².